The molecule has 1 heterocycles. The maximum absolute atomic E-state index is 11.9. The maximum atomic E-state index is 11.9. The molecule has 5 heteroatoms. The lowest BCUT2D eigenvalue weighted by Gasteiger charge is -2.13. The quantitative estimate of drug-likeness (QED) is 0.618. The number of methoxy groups -OCH3 is 1. The minimum atomic E-state index is -0.888. The van der Waals surface area contributed by atoms with Crippen LogP contribution in [-0.2, 0) is 14.3 Å². The first kappa shape index (κ1) is 13.1. The standard InChI is InChI=1S/C14H14N2O3/c1-3-12(17)13(14(18)19-2)9-4-5-10-11(8-9)16-7-6-15-10/h4-8,13H,3H2,1-2H3. The van der Waals surface area contributed by atoms with E-state index < -0.39 is 11.9 Å². The smallest absolute Gasteiger partial charge is 0.320 e. The monoisotopic (exact) mass is 258 g/mol. The van der Waals surface area contributed by atoms with Gasteiger partial charge in [-0.1, -0.05) is 13.0 Å². The molecule has 0 aliphatic carbocycles. The molecule has 0 aliphatic rings. The molecule has 0 N–H and O–H groups in total. The van der Waals surface area contributed by atoms with Crippen molar-refractivity contribution >= 4 is 22.8 Å². The third-order valence-corrected chi connectivity index (χ3v) is 2.93. The fourth-order valence-electron chi connectivity index (χ4n) is 1.94. The molecular formula is C14H14N2O3. The Bertz CT molecular complexity index is 609. The number of rotatable bonds is 4. The fraction of sp³-hybridized carbons (Fsp3) is 0.286. The van der Waals surface area contributed by atoms with E-state index in [0.29, 0.717) is 11.1 Å². The minimum absolute atomic E-state index is 0.171. The van der Waals surface area contributed by atoms with Crippen LogP contribution in [0.25, 0.3) is 11.0 Å². The SMILES string of the molecule is CCC(=O)C(C(=O)OC)c1ccc2nccnc2c1. The lowest BCUT2D eigenvalue weighted by atomic mass is 9.93. The van der Waals surface area contributed by atoms with Gasteiger partial charge < -0.3 is 4.74 Å². The summed E-state index contributed by atoms with van der Waals surface area (Å²) in [6.07, 6.45) is 3.44. The van der Waals surface area contributed by atoms with Crippen LogP contribution < -0.4 is 0 Å². The zero-order valence-corrected chi connectivity index (χ0v) is 10.8. The van der Waals surface area contributed by atoms with E-state index in [0.717, 1.165) is 5.52 Å². The topological polar surface area (TPSA) is 69.2 Å². The number of hydrogen-bond acceptors (Lipinski definition) is 5. The first-order chi connectivity index (χ1) is 9.17. The molecule has 2 aromatic rings. The lowest BCUT2D eigenvalue weighted by molar-refractivity contribution is -0.145. The molecule has 0 aliphatic heterocycles. The molecule has 0 bridgehead atoms. The van der Waals surface area contributed by atoms with Gasteiger partial charge in [-0.2, -0.15) is 0 Å². The largest absolute Gasteiger partial charge is 0.468 e. The number of benzene rings is 1. The molecule has 0 saturated carbocycles. The molecule has 0 spiro atoms. The second-order valence-electron chi connectivity index (χ2n) is 4.08. The van der Waals surface area contributed by atoms with Crippen LogP contribution in [0.1, 0.15) is 24.8 Å². The maximum Gasteiger partial charge on any atom is 0.320 e. The molecule has 5 nitrogen and oxygen atoms in total. The van der Waals surface area contributed by atoms with Crippen molar-refractivity contribution in [2.24, 2.45) is 0 Å². The molecule has 1 aromatic carbocycles. The second-order valence-corrected chi connectivity index (χ2v) is 4.08. The number of nitrogens with zero attached hydrogens (tertiary/aromatic N) is 2. The zero-order chi connectivity index (χ0) is 13.8. The van der Waals surface area contributed by atoms with Crippen LogP contribution in [0.5, 0.6) is 0 Å². The number of aromatic nitrogens is 2. The van der Waals surface area contributed by atoms with E-state index in [1.165, 1.54) is 7.11 Å². The Morgan fingerprint density at radius 3 is 2.53 bits per heavy atom. The molecule has 1 atom stereocenters. The number of ether oxygens (including phenoxy) is 1. The van der Waals surface area contributed by atoms with Gasteiger partial charge in [-0.25, -0.2) is 0 Å². The summed E-state index contributed by atoms with van der Waals surface area (Å²) in [6, 6.07) is 5.17. The molecular weight excluding hydrogens is 244 g/mol. The van der Waals surface area contributed by atoms with E-state index in [1.54, 1.807) is 37.5 Å². The van der Waals surface area contributed by atoms with Gasteiger partial charge in [0.15, 0.2) is 5.78 Å². The van der Waals surface area contributed by atoms with Crippen molar-refractivity contribution in [1.29, 1.82) is 0 Å². The van der Waals surface area contributed by atoms with Gasteiger partial charge in [0, 0.05) is 18.8 Å². The Morgan fingerprint density at radius 1 is 1.21 bits per heavy atom. The molecule has 0 saturated heterocycles. The fourth-order valence-corrected chi connectivity index (χ4v) is 1.94. The Kier molecular flexibility index (Phi) is 3.85. The van der Waals surface area contributed by atoms with E-state index in [1.807, 2.05) is 0 Å². The van der Waals surface area contributed by atoms with Crippen LogP contribution >= 0.6 is 0 Å². The summed E-state index contributed by atoms with van der Waals surface area (Å²) in [5.74, 6) is -1.61. The number of fused-ring (bicyclic) bond motifs is 1. The predicted octanol–water partition coefficient (Wildman–Crippen LogP) is 1.87. The van der Waals surface area contributed by atoms with Crippen LogP contribution in [0.3, 0.4) is 0 Å². The van der Waals surface area contributed by atoms with Crippen LogP contribution in [0.2, 0.25) is 0 Å². The zero-order valence-electron chi connectivity index (χ0n) is 10.8. The number of ketones is 1. The first-order valence-corrected chi connectivity index (χ1v) is 5.98. The highest BCUT2D eigenvalue weighted by molar-refractivity contribution is 6.04. The summed E-state index contributed by atoms with van der Waals surface area (Å²) >= 11 is 0. The molecule has 19 heavy (non-hydrogen) atoms. The molecule has 0 amide bonds. The average Bonchev–Trinajstić information content (AvgIpc) is 2.46. The molecule has 2 rings (SSSR count). The van der Waals surface area contributed by atoms with Crippen molar-refractivity contribution in [1.82, 2.24) is 9.97 Å². The van der Waals surface area contributed by atoms with Gasteiger partial charge >= 0.3 is 5.97 Å². The van der Waals surface area contributed by atoms with Crippen molar-refractivity contribution in [3.63, 3.8) is 0 Å². The average molecular weight is 258 g/mol. The van der Waals surface area contributed by atoms with Crippen LogP contribution in [0.4, 0.5) is 0 Å². The number of carbonyl (C=O) groups excluding carboxylic acids is 2. The van der Waals surface area contributed by atoms with Crippen LogP contribution in [-0.4, -0.2) is 28.8 Å². The molecule has 1 unspecified atom stereocenters. The summed E-state index contributed by atoms with van der Waals surface area (Å²) < 4.78 is 4.71. The lowest BCUT2D eigenvalue weighted by Crippen LogP contribution is -2.22. The van der Waals surface area contributed by atoms with Gasteiger partial charge in [0.05, 0.1) is 18.1 Å². The van der Waals surface area contributed by atoms with Gasteiger partial charge in [0.1, 0.15) is 5.92 Å². The number of esters is 1. The van der Waals surface area contributed by atoms with Gasteiger partial charge in [-0.15, -0.1) is 0 Å². The number of Topliss-reactive ketones (excluding diaryl/α,β-unsaturated/α-hetero) is 1. The Hall–Kier alpha value is -2.30. The molecule has 0 fully saturated rings. The summed E-state index contributed by atoms with van der Waals surface area (Å²) in [5, 5.41) is 0. The second kappa shape index (κ2) is 5.56. The molecule has 0 radical (unpaired) electrons. The van der Waals surface area contributed by atoms with E-state index in [2.05, 4.69) is 9.97 Å². The van der Waals surface area contributed by atoms with E-state index in [9.17, 15) is 9.59 Å². The Balaban J connectivity index is 2.49. The van der Waals surface area contributed by atoms with Gasteiger partial charge in [0.2, 0.25) is 0 Å². The van der Waals surface area contributed by atoms with E-state index in [4.69, 9.17) is 4.74 Å². The van der Waals surface area contributed by atoms with Crippen molar-refractivity contribution in [2.45, 2.75) is 19.3 Å². The highest BCUT2D eigenvalue weighted by Gasteiger charge is 2.28. The van der Waals surface area contributed by atoms with Crippen LogP contribution in [0, 0.1) is 0 Å². The van der Waals surface area contributed by atoms with Gasteiger partial charge in [-0.3, -0.25) is 19.6 Å². The summed E-state index contributed by atoms with van der Waals surface area (Å²) in [7, 11) is 1.28. The molecule has 1 aromatic heterocycles. The highest BCUT2D eigenvalue weighted by atomic mass is 16.5. The van der Waals surface area contributed by atoms with E-state index in [-0.39, 0.29) is 12.2 Å². The highest BCUT2D eigenvalue weighted by Crippen LogP contribution is 2.22. The Morgan fingerprint density at radius 2 is 1.89 bits per heavy atom. The van der Waals surface area contributed by atoms with Crippen molar-refractivity contribution < 1.29 is 14.3 Å². The first-order valence-electron chi connectivity index (χ1n) is 5.98. The van der Waals surface area contributed by atoms with Gasteiger partial charge in [-0.05, 0) is 17.7 Å². The van der Waals surface area contributed by atoms with Crippen molar-refractivity contribution in [3.8, 4) is 0 Å². The number of carbonyl (C=O) groups is 2. The van der Waals surface area contributed by atoms with E-state index >= 15 is 0 Å². The molecule has 98 valence electrons. The normalized spacial score (nSPS) is 12.1. The summed E-state index contributed by atoms with van der Waals surface area (Å²) in [6.45, 7) is 1.72. The van der Waals surface area contributed by atoms with Crippen molar-refractivity contribution in [3.05, 3.63) is 36.2 Å². The minimum Gasteiger partial charge on any atom is -0.468 e. The van der Waals surface area contributed by atoms with Crippen LogP contribution in [0.15, 0.2) is 30.6 Å². The third kappa shape index (κ3) is 2.59. The van der Waals surface area contributed by atoms with Crippen molar-refractivity contribution in [2.75, 3.05) is 7.11 Å². The summed E-state index contributed by atoms with van der Waals surface area (Å²) in [4.78, 5) is 32.0. The number of hydrogen-bond donors (Lipinski definition) is 0. The predicted molar refractivity (Wildman–Crippen MR) is 69.6 cm³/mol. The van der Waals surface area contributed by atoms with Gasteiger partial charge in [0.25, 0.3) is 0 Å². The summed E-state index contributed by atoms with van der Waals surface area (Å²) in [5.41, 5.74) is 1.96. The third-order valence-electron chi connectivity index (χ3n) is 2.93. The Labute approximate surface area is 110 Å².